The van der Waals surface area contributed by atoms with Gasteiger partial charge in [0.2, 0.25) is 0 Å². The summed E-state index contributed by atoms with van der Waals surface area (Å²) in [6.07, 6.45) is 8.28. The van der Waals surface area contributed by atoms with Crippen LogP contribution in [0.2, 0.25) is 0 Å². The van der Waals surface area contributed by atoms with Crippen LogP contribution in [-0.4, -0.2) is 21.8 Å². The summed E-state index contributed by atoms with van der Waals surface area (Å²) in [5.74, 6) is 0.910. The molecular weight excluding hydrogens is 198 g/mol. The van der Waals surface area contributed by atoms with E-state index in [2.05, 4.69) is 17.5 Å². The molecule has 2 fully saturated rings. The molecule has 0 spiro atoms. The Morgan fingerprint density at radius 3 is 2.62 bits per heavy atom. The topological polar surface area (TPSA) is 3.24 Å². The summed E-state index contributed by atoms with van der Waals surface area (Å²) in [6.45, 7) is 1.14. The van der Waals surface area contributed by atoms with Gasteiger partial charge in [0.05, 0.1) is 0 Å². The Hall–Kier alpha value is 0.240. The number of piperidine rings is 1. The number of thiocarbonyl (C=S) groups is 1. The Balaban J connectivity index is 2.06. The van der Waals surface area contributed by atoms with E-state index >= 15 is 0 Å². The fourth-order valence-corrected chi connectivity index (χ4v) is 3.34. The molecule has 74 valence electrons. The third kappa shape index (κ3) is 2.01. The van der Waals surface area contributed by atoms with E-state index < -0.39 is 0 Å². The van der Waals surface area contributed by atoms with Gasteiger partial charge < -0.3 is 4.90 Å². The van der Waals surface area contributed by atoms with Crippen molar-refractivity contribution >= 4 is 29.2 Å². The summed E-state index contributed by atoms with van der Waals surface area (Å²) in [4.78, 5) is 2.35. The van der Waals surface area contributed by atoms with Gasteiger partial charge in [0.1, 0.15) is 4.32 Å². The molecule has 2 rings (SSSR count). The molecule has 13 heavy (non-hydrogen) atoms. The van der Waals surface area contributed by atoms with Crippen LogP contribution in [0, 0.1) is 5.92 Å². The van der Waals surface area contributed by atoms with Crippen molar-refractivity contribution in [1.82, 2.24) is 4.90 Å². The van der Waals surface area contributed by atoms with Crippen LogP contribution >= 0.6 is 24.8 Å². The number of fused-ring (bicyclic) bond motifs is 1. The minimum absolute atomic E-state index is 0.729. The monoisotopic (exact) mass is 215 g/mol. The molecule has 2 aliphatic rings. The average molecular weight is 215 g/mol. The highest BCUT2D eigenvalue weighted by atomic mass is 32.1. The van der Waals surface area contributed by atoms with Crippen molar-refractivity contribution in [2.75, 3.05) is 6.54 Å². The highest BCUT2D eigenvalue weighted by Crippen LogP contribution is 2.35. The van der Waals surface area contributed by atoms with Gasteiger partial charge in [0, 0.05) is 12.6 Å². The van der Waals surface area contributed by atoms with Crippen molar-refractivity contribution in [3.63, 3.8) is 0 Å². The first-order valence-corrected chi connectivity index (χ1v) is 6.14. The van der Waals surface area contributed by atoms with E-state index in [4.69, 9.17) is 12.2 Å². The van der Waals surface area contributed by atoms with Crippen LogP contribution in [0.1, 0.15) is 38.5 Å². The Kier molecular flexibility index (Phi) is 3.14. The van der Waals surface area contributed by atoms with Crippen LogP contribution in [0.4, 0.5) is 0 Å². The maximum atomic E-state index is 5.17. The zero-order valence-corrected chi connectivity index (χ0v) is 9.62. The largest absolute Gasteiger partial charge is 0.354 e. The zero-order chi connectivity index (χ0) is 9.26. The van der Waals surface area contributed by atoms with Gasteiger partial charge in [-0.05, 0) is 31.6 Å². The summed E-state index contributed by atoms with van der Waals surface area (Å²) in [7, 11) is 0. The van der Waals surface area contributed by atoms with E-state index in [0.29, 0.717) is 0 Å². The maximum absolute atomic E-state index is 5.17. The molecule has 1 heterocycles. The molecule has 1 saturated carbocycles. The van der Waals surface area contributed by atoms with E-state index in [-0.39, 0.29) is 0 Å². The van der Waals surface area contributed by atoms with Crippen molar-refractivity contribution in [3.05, 3.63) is 0 Å². The first-order chi connectivity index (χ1) is 6.29. The molecule has 1 aliphatic carbocycles. The average Bonchev–Trinajstić information content (AvgIpc) is 2.17. The molecular formula is C10H17NS2. The van der Waals surface area contributed by atoms with Gasteiger partial charge in [-0.2, -0.15) is 0 Å². The molecule has 0 bridgehead atoms. The van der Waals surface area contributed by atoms with Crippen molar-refractivity contribution in [2.24, 2.45) is 5.92 Å². The molecule has 2 atom stereocenters. The van der Waals surface area contributed by atoms with Gasteiger partial charge in [-0.3, -0.25) is 0 Å². The highest BCUT2D eigenvalue weighted by molar-refractivity contribution is 8.10. The Morgan fingerprint density at radius 1 is 1.15 bits per heavy atom. The first-order valence-electron chi connectivity index (χ1n) is 5.28. The number of hydrogen-bond acceptors (Lipinski definition) is 1. The van der Waals surface area contributed by atoms with Gasteiger partial charge in [-0.1, -0.05) is 25.1 Å². The fraction of sp³-hybridized carbons (Fsp3) is 0.900. The fourth-order valence-electron chi connectivity index (χ4n) is 2.86. The van der Waals surface area contributed by atoms with Gasteiger partial charge in [-0.15, -0.1) is 12.6 Å². The van der Waals surface area contributed by atoms with Crippen molar-refractivity contribution in [2.45, 2.75) is 44.6 Å². The third-order valence-corrected chi connectivity index (χ3v) is 3.98. The summed E-state index contributed by atoms with van der Waals surface area (Å²) < 4.78 is 0.816. The number of nitrogens with zero attached hydrogens (tertiary/aromatic N) is 1. The van der Waals surface area contributed by atoms with Gasteiger partial charge >= 0.3 is 0 Å². The van der Waals surface area contributed by atoms with Gasteiger partial charge in [0.25, 0.3) is 0 Å². The Morgan fingerprint density at radius 2 is 1.85 bits per heavy atom. The summed E-state index contributed by atoms with van der Waals surface area (Å²) in [5, 5.41) is 0. The molecule has 0 unspecified atom stereocenters. The predicted octanol–water partition coefficient (Wildman–Crippen LogP) is 2.86. The van der Waals surface area contributed by atoms with Crippen LogP contribution in [0.3, 0.4) is 0 Å². The lowest BCUT2D eigenvalue weighted by molar-refractivity contribution is 0.124. The standard InChI is InChI=1S/C10H17NS2/c12-10(13)11-7-3-5-8-4-1-2-6-9(8)11/h8-9H,1-7H2,(H,12,13)/t8-,9+/m1/s1. The summed E-state index contributed by atoms with van der Waals surface area (Å²) in [6, 6.07) is 0.729. The van der Waals surface area contributed by atoms with Crippen molar-refractivity contribution in [3.8, 4) is 0 Å². The molecule has 1 saturated heterocycles. The minimum Gasteiger partial charge on any atom is -0.354 e. The van der Waals surface area contributed by atoms with Crippen LogP contribution < -0.4 is 0 Å². The lowest BCUT2D eigenvalue weighted by Crippen LogP contribution is -2.47. The van der Waals surface area contributed by atoms with Crippen molar-refractivity contribution < 1.29 is 0 Å². The third-order valence-electron chi connectivity index (χ3n) is 3.49. The van der Waals surface area contributed by atoms with Crippen LogP contribution in [0.15, 0.2) is 0 Å². The Labute approximate surface area is 91.3 Å². The predicted molar refractivity (Wildman–Crippen MR) is 63.3 cm³/mol. The quantitative estimate of drug-likeness (QED) is 0.489. The molecule has 0 aromatic carbocycles. The molecule has 0 radical (unpaired) electrons. The maximum Gasteiger partial charge on any atom is 0.133 e. The second-order valence-electron chi connectivity index (χ2n) is 4.23. The molecule has 0 aromatic heterocycles. The van der Waals surface area contributed by atoms with Crippen LogP contribution in [-0.2, 0) is 0 Å². The van der Waals surface area contributed by atoms with E-state index in [1.165, 1.54) is 38.5 Å². The minimum atomic E-state index is 0.729. The van der Waals surface area contributed by atoms with E-state index in [9.17, 15) is 0 Å². The van der Waals surface area contributed by atoms with Crippen molar-refractivity contribution in [1.29, 1.82) is 0 Å². The van der Waals surface area contributed by atoms with E-state index in [1.54, 1.807) is 0 Å². The van der Waals surface area contributed by atoms with Gasteiger partial charge in [-0.25, -0.2) is 0 Å². The molecule has 1 nitrogen and oxygen atoms in total. The normalized spacial score (nSPS) is 34.1. The molecule has 0 amide bonds. The first kappa shape index (κ1) is 9.78. The van der Waals surface area contributed by atoms with Crippen LogP contribution in [0.25, 0.3) is 0 Å². The number of likely N-dealkylation sites (tertiary alicyclic amines) is 1. The lowest BCUT2D eigenvalue weighted by atomic mass is 9.78. The second kappa shape index (κ2) is 4.18. The molecule has 0 N–H and O–H groups in total. The summed E-state index contributed by atoms with van der Waals surface area (Å²) >= 11 is 9.49. The lowest BCUT2D eigenvalue weighted by Gasteiger charge is -2.44. The van der Waals surface area contributed by atoms with Crippen LogP contribution in [0.5, 0.6) is 0 Å². The molecule has 1 aliphatic heterocycles. The highest BCUT2D eigenvalue weighted by Gasteiger charge is 2.33. The zero-order valence-electron chi connectivity index (χ0n) is 7.91. The number of hydrogen-bond donors (Lipinski definition) is 1. The summed E-state index contributed by atoms with van der Waals surface area (Å²) in [5.41, 5.74) is 0. The number of rotatable bonds is 0. The Bertz CT molecular complexity index is 203. The molecule has 0 aromatic rings. The van der Waals surface area contributed by atoms with E-state index in [1.807, 2.05) is 0 Å². The molecule has 3 heteroatoms. The smallest absolute Gasteiger partial charge is 0.133 e. The van der Waals surface area contributed by atoms with E-state index in [0.717, 1.165) is 22.8 Å². The second-order valence-corrected chi connectivity index (χ2v) is 5.34. The SMILES string of the molecule is S=C(S)N1CCC[C@H]2CCCC[C@@H]21. The van der Waals surface area contributed by atoms with Gasteiger partial charge in [0.15, 0.2) is 0 Å². The number of thiol groups is 1.